The molecule has 3 aromatic carbocycles. The summed E-state index contributed by atoms with van der Waals surface area (Å²) in [5.41, 5.74) is -0.339. The average molecular weight is 609 g/mol. The Balaban J connectivity index is 1.71. The summed E-state index contributed by atoms with van der Waals surface area (Å²) < 4.78 is 78.0. The topological polar surface area (TPSA) is 139 Å². The highest BCUT2D eigenvalue weighted by Crippen LogP contribution is 2.52. The molecule has 0 radical (unpaired) electrons. The van der Waals surface area contributed by atoms with Gasteiger partial charge in [-0.05, 0) is 54.1 Å². The molecule has 15 heteroatoms. The van der Waals surface area contributed by atoms with Crippen LogP contribution in [0, 0.1) is 11.6 Å². The number of rotatable bonds is 6. The fourth-order valence-electron chi connectivity index (χ4n) is 4.34. The first-order valence-electron chi connectivity index (χ1n) is 11.4. The van der Waals surface area contributed by atoms with Crippen LogP contribution in [0.2, 0.25) is 5.02 Å². The number of pyridine rings is 1. The summed E-state index contributed by atoms with van der Waals surface area (Å²) in [7, 11) is -6.62. The second-order valence-corrected chi connectivity index (χ2v) is 13.2. The third-order valence-corrected chi connectivity index (χ3v) is 8.93. The lowest BCUT2D eigenvalue weighted by Crippen LogP contribution is -2.33. The van der Waals surface area contributed by atoms with E-state index in [1.807, 2.05) is 0 Å². The molecule has 0 spiro atoms. The number of aromatic nitrogens is 1. The van der Waals surface area contributed by atoms with Gasteiger partial charge in [0.05, 0.1) is 34.3 Å². The van der Waals surface area contributed by atoms with Gasteiger partial charge in [-0.2, -0.15) is 4.76 Å². The molecule has 0 fully saturated rings. The maximum atomic E-state index is 14.3. The summed E-state index contributed by atoms with van der Waals surface area (Å²) in [6.45, 7) is -0.138. The lowest BCUT2D eigenvalue weighted by Gasteiger charge is -2.25. The van der Waals surface area contributed by atoms with Crippen molar-refractivity contribution >= 4 is 62.6 Å². The largest absolute Gasteiger partial charge is 0.506 e. The van der Waals surface area contributed by atoms with Gasteiger partial charge in [0, 0.05) is 18.2 Å². The van der Waals surface area contributed by atoms with Crippen LogP contribution in [0.5, 0.6) is 5.75 Å². The molecule has 2 heterocycles. The number of anilines is 2. The Kier molecular flexibility index (Phi) is 6.95. The molecular formula is C25H20ClF2N4O6PS. The van der Waals surface area contributed by atoms with E-state index in [9.17, 15) is 31.7 Å². The van der Waals surface area contributed by atoms with Gasteiger partial charge in [0.25, 0.3) is 5.56 Å². The zero-order chi connectivity index (χ0) is 29.0. The molecule has 0 aliphatic carbocycles. The molecule has 1 aliphatic rings. The number of halogens is 3. The Morgan fingerprint density at radius 3 is 2.58 bits per heavy atom. The van der Waals surface area contributed by atoms with Crippen LogP contribution >= 0.6 is 19.1 Å². The molecule has 208 valence electrons. The van der Waals surface area contributed by atoms with Crippen molar-refractivity contribution in [2.75, 3.05) is 23.4 Å². The number of amidine groups is 1. The minimum absolute atomic E-state index is 0.0139. The first-order chi connectivity index (χ1) is 18.8. The number of aromatic hydroxyl groups is 1. The monoisotopic (exact) mass is 608 g/mol. The zero-order valence-electron chi connectivity index (χ0n) is 20.8. The van der Waals surface area contributed by atoms with Crippen LogP contribution in [0.25, 0.3) is 10.9 Å². The Morgan fingerprint density at radius 2 is 1.90 bits per heavy atom. The Morgan fingerprint density at radius 1 is 1.15 bits per heavy atom. The molecule has 1 atom stereocenters. The second kappa shape index (κ2) is 10.0. The minimum Gasteiger partial charge on any atom is -0.506 e. The Bertz CT molecular complexity index is 1970. The van der Waals surface area contributed by atoms with Crippen molar-refractivity contribution in [2.24, 2.45) is 4.76 Å². The van der Waals surface area contributed by atoms with Crippen LogP contribution in [0.15, 0.2) is 64.2 Å². The van der Waals surface area contributed by atoms with E-state index in [1.54, 1.807) is 0 Å². The highest BCUT2D eigenvalue weighted by molar-refractivity contribution is 7.92. The van der Waals surface area contributed by atoms with Crippen molar-refractivity contribution < 1.29 is 31.4 Å². The highest BCUT2D eigenvalue weighted by Gasteiger charge is 2.35. The predicted octanol–water partition coefficient (Wildman–Crippen LogP) is 4.40. The SMILES string of the molecule is COP1(=O)N=C(c2c(O)c3cc(F)ccc3n(Cc3ccc(F)c(Cl)c3)c2=O)Nc2ccc(NS(C)(=O)=O)cc21. The van der Waals surface area contributed by atoms with Gasteiger partial charge in [-0.3, -0.25) is 14.1 Å². The number of benzene rings is 3. The first kappa shape index (κ1) is 27.8. The third kappa shape index (κ3) is 5.08. The highest BCUT2D eigenvalue weighted by atomic mass is 35.5. The van der Waals surface area contributed by atoms with Crippen LogP contribution in [-0.4, -0.2) is 37.3 Å². The van der Waals surface area contributed by atoms with Crippen molar-refractivity contribution in [3.63, 3.8) is 0 Å². The Labute approximate surface area is 231 Å². The number of hydrogen-bond donors (Lipinski definition) is 3. The third-order valence-electron chi connectivity index (χ3n) is 6.10. The van der Waals surface area contributed by atoms with E-state index in [1.165, 1.54) is 41.0 Å². The maximum Gasteiger partial charge on any atom is 0.348 e. The predicted molar refractivity (Wildman–Crippen MR) is 150 cm³/mol. The van der Waals surface area contributed by atoms with Crippen LogP contribution in [0.3, 0.4) is 0 Å². The summed E-state index contributed by atoms with van der Waals surface area (Å²) in [5, 5.41) is 13.8. The summed E-state index contributed by atoms with van der Waals surface area (Å²) in [6.07, 6.45) is 0.952. The van der Waals surface area contributed by atoms with Gasteiger partial charge < -0.3 is 19.5 Å². The molecule has 0 saturated heterocycles. The van der Waals surface area contributed by atoms with Crippen LogP contribution in [-0.2, 0) is 25.7 Å². The average Bonchev–Trinajstić information content (AvgIpc) is 2.88. The van der Waals surface area contributed by atoms with Gasteiger partial charge in [-0.15, -0.1) is 0 Å². The van der Waals surface area contributed by atoms with E-state index in [0.717, 1.165) is 31.6 Å². The van der Waals surface area contributed by atoms with Gasteiger partial charge in [-0.1, -0.05) is 17.7 Å². The van der Waals surface area contributed by atoms with E-state index >= 15 is 0 Å². The van der Waals surface area contributed by atoms with E-state index < -0.39 is 46.0 Å². The van der Waals surface area contributed by atoms with Crippen molar-refractivity contribution in [1.29, 1.82) is 0 Å². The smallest absolute Gasteiger partial charge is 0.348 e. The molecule has 4 aromatic rings. The van der Waals surface area contributed by atoms with Gasteiger partial charge in [0.1, 0.15) is 22.9 Å². The lowest BCUT2D eigenvalue weighted by atomic mass is 10.1. The van der Waals surface area contributed by atoms with Crippen molar-refractivity contribution in [1.82, 2.24) is 4.57 Å². The van der Waals surface area contributed by atoms with E-state index in [4.69, 9.17) is 16.1 Å². The second-order valence-electron chi connectivity index (χ2n) is 8.91. The molecule has 0 amide bonds. The normalized spacial score (nSPS) is 16.8. The molecule has 40 heavy (non-hydrogen) atoms. The van der Waals surface area contributed by atoms with E-state index in [2.05, 4.69) is 14.8 Å². The van der Waals surface area contributed by atoms with Crippen molar-refractivity contribution in [3.8, 4) is 5.75 Å². The lowest BCUT2D eigenvalue weighted by molar-refractivity contribution is 0.404. The number of fused-ring (bicyclic) bond motifs is 2. The minimum atomic E-state index is -4.10. The molecule has 0 bridgehead atoms. The van der Waals surface area contributed by atoms with Gasteiger partial charge in [0.15, 0.2) is 5.84 Å². The van der Waals surface area contributed by atoms with Crippen molar-refractivity contribution in [3.05, 3.63) is 92.7 Å². The van der Waals surface area contributed by atoms with E-state index in [0.29, 0.717) is 5.56 Å². The summed E-state index contributed by atoms with van der Waals surface area (Å²) >= 11 is 5.91. The fraction of sp³-hybridized carbons (Fsp3) is 0.120. The molecule has 1 aromatic heterocycles. The number of nitrogens with one attached hydrogen (secondary N) is 2. The van der Waals surface area contributed by atoms with E-state index in [-0.39, 0.29) is 45.0 Å². The Hall–Kier alpha value is -3.77. The van der Waals surface area contributed by atoms with Crippen molar-refractivity contribution in [2.45, 2.75) is 6.54 Å². The molecule has 10 nitrogen and oxygen atoms in total. The standard InChI is InChI=1S/C25H20ClF2N4O6PS/c1-38-39(35)21-11-15(31-40(2,36)37)5-7-19(21)29-24(30-39)22-23(33)16-10-14(27)4-8-20(16)32(25(22)34)12-13-3-6-18(28)17(26)9-13/h3-11,31,33H,12H2,1-2H3,(H,29,30,35). The van der Waals surface area contributed by atoms with Gasteiger partial charge in [-0.25, -0.2) is 17.2 Å². The fourth-order valence-corrected chi connectivity index (χ4v) is 6.64. The maximum absolute atomic E-state index is 14.3. The number of hydrogen-bond acceptors (Lipinski definition) is 7. The molecule has 0 saturated carbocycles. The first-order valence-corrected chi connectivity index (χ1v) is 15.3. The zero-order valence-corrected chi connectivity index (χ0v) is 23.2. The number of sulfonamides is 1. The van der Waals surface area contributed by atoms with Crippen LogP contribution in [0.4, 0.5) is 20.2 Å². The summed E-state index contributed by atoms with van der Waals surface area (Å²) in [4.78, 5) is 13.8. The summed E-state index contributed by atoms with van der Waals surface area (Å²) in [5.74, 6) is -2.29. The molecular weight excluding hydrogens is 589 g/mol. The van der Waals surface area contributed by atoms with Crippen LogP contribution in [0.1, 0.15) is 11.1 Å². The number of nitrogens with zero attached hydrogens (tertiary/aromatic N) is 2. The molecule has 1 unspecified atom stereocenters. The van der Waals surface area contributed by atoms with Crippen LogP contribution < -0.4 is 20.9 Å². The molecule has 5 rings (SSSR count). The van der Waals surface area contributed by atoms with Gasteiger partial charge >= 0.3 is 7.52 Å². The quantitative estimate of drug-likeness (QED) is 0.276. The molecule has 3 N–H and O–H groups in total. The molecule has 1 aliphatic heterocycles. The van der Waals surface area contributed by atoms with Gasteiger partial charge in [0.2, 0.25) is 10.0 Å². The summed E-state index contributed by atoms with van der Waals surface area (Å²) in [6, 6.07) is 11.4.